The minimum atomic E-state index is -0.905. The Balaban J connectivity index is 2.98. The van der Waals surface area contributed by atoms with E-state index < -0.39 is 5.60 Å². The maximum absolute atomic E-state index is 10.3. The summed E-state index contributed by atoms with van der Waals surface area (Å²) in [6.45, 7) is 7.28. The van der Waals surface area contributed by atoms with E-state index in [1.807, 2.05) is 12.1 Å². The normalized spacial score (nSPS) is 10.9. The van der Waals surface area contributed by atoms with Crippen LogP contribution in [0.1, 0.15) is 18.4 Å². The van der Waals surface area contributed by atoms with Crippen LogP contribution in [0.25, 0.3) is 0 Å². The number of hydrogen-bond donors (Lipinski definition) is 1. The molecule has 0 aliphatic heterocycles. The molecule has 0 spiro atoms. The van der Waals surface area contributed by atoms with E-state index in [1.54, 1.807) is 24.5 Å². The lowest BCUT2D eigenvalue weighted by Crippen LogP contribution is -2.24. The fourth-order valence-corrected chi connectivity index (χ4v) is 1.43. The monoisotopic (exact) mass is 189 g/mol. The molecule has 0 aliphatic rings. The Hall–Kier alpha value is -1.41. The molecule has 14 heavy (non-hydrogen) atoms. The Morgan fingerprint density at radius 3 is 2.43 bits per heavy atom. The zero-order chi connectivity index (χ0) is 10.4. The third-order valence-corrected chi connectivity index (χ3v) is 2.16. The first-order chi connectivity index (χ1) is 6.73. The van der Waals surface area contributed by atoms with E-state index in [2.05, 4.69) is 18.1 Å². The number of aromatic nitrogens is 1. The summed E-state index contributed by atoms with van der Waals surface area (Å²) in [5, 5.41) is 10.3. The van der Waals surface area contributed by atoms with Crippen molar-refractivity contribution in [2.75, 3.05) is 0 Å². The third kappa shape index (κ3) is 2.30. The molecular weight excluding hydrogens is 174 g/mol. The van der Waals surface area contributed by atoms with Crippen LogP contribution in [0.15, 0.2) is 49.8 Å². The average molecular weight is 189 g/mol. The second-order valence-electron chi connectivity index (χ2n) is 3.26. The van der Waals surface area contributed by atoms with Gasteiger partial charge in [-0.25, -0.2) is 0 Å². The standard InChI is InChI=1S/C12H15NO/c1-3-7-12(14,8-4-2)11-6-5-9-13-10-11/h3-6,9-10,14H,1-2,7-8H2. The van der Waals surface area contributed by atoms with Gasteiger partial charge in [0.1, 0.15) is 0 Å². The van der Waals surface area contributed by atoms with Crippen molar-refractivity contribution in [1.29, 1.82) is 0 Å². The first-order valence-corrected chi connectivity index (χ1v) is 4.57. The molecule has 0 atom stereocenters. The molecule has 1 N–H and O–H groups in total. The fraction of sp³-hybridized carbons (Fsp3) is 0.250. The minimum Gasteiger partial charge on any atom is -0.384 e. The average Bonchev–Trinajstić information content (AvgIpc) is 2.20. The van der Waals surface area contributed by atoms with Crippen LogP contribution in [-0.2, 0) is 5.60 Å². The highest BCUT2D eigenvalue weighted by atomic mass is 16.3. The van der Waals surface area contributed by atoms with Crippen molar-refractivity contribution in [3.8, 4) is 0 Å². The Kier molecular flexibility index (Phi) is 3.60. The van der Waals surface area contributed by atoms with Crippen LogP contribution in [0.2, 0.25) is 0 Å². The summed E-state index contributed by atoms with van der Waals surface area (Å²) in [6.07, 6.45) is 7.78. The van der Waals surface area contributed by atoms with Crippen molar-refractivity contribution >= 4 is 0 Å². The Morgan fingerprint density at radius 2 is 2.00 bits per heavy atom. The second-order valence-corrected chi connectivity index (χ2v) is 3.26. The van der Waals surface area contributed by atoms with Gasteiger partial charge in [-0.15, -0.1) is 13.2 Å². The van der Waals surface area contributed by atoms with Crippen molar-refractivity contribution in [2.45, 2.75) is 18.4 Å². The van der Waals surface area contributed by atoms with Crippen LogP contribution in [0.5, 0.6) is 0 Å². The Labute approximate surface area is 84.6 Å². The van der Waals surface area contributed by atoms with Gasteiger partial charge in [-0.05, 0) is 18.9 Å². The van der Waals surface area contributed by atoms with Gasteiger partial charge in [-0.3, -0.25) is 4.98 Å². The van der Waals surface area contributed by atoms with Crippen LogP contribution < -0.4 is 0 Å². The number of hydrogen-bond acceptors (Lipinski definition) is 2. The number of nitrogens with zero attached hydrogens (tertiary/aromatic N) is 1. The van der Waals surface area contributed by atoms with Crippen LogP contribution in [0.3, 0.4) is 0 Å². The van der Waals surface area contributed by atoms with E-state index in [0.717, 1.165) is 5.56 Å². The maximum Gasteiger partial charge on any atom is 0.0979 e. The van der Waals surface area contributed by atoms with E-state index in [-0.39, 0.29) is 0 Å². The molecule has 1 rings (SSSR count). The van der Waals surface area contributed by atoms with Gasteiger partial charge < -0.3 is 5.11 Å². The maximum atomic E-state index is 10.3. The Bertz CT molecular complexity index is 295. The minimum absolute atomic E-state index is 0.505. The predicted octanol–water partition coefficient (Wildman–Crippen LogP) is 2.42. The molecule has 0 aliphatic carbocycles. The van der Waals surface area contributed by atoms with E-state index in [0.29, 0.717) is 12.8 Å². The first-order valence-electron chi connectivity index (χ1n) is 4.57. The second kappa shape index (κ2) is 4.72. The van der Waals surface area contributed by atoms with Crippen molar-refractivity contribution < 1.29 is 5.11 Å². The van der Waals surface area contributed by atoms with Gasteiger partial charge in [0.15, 0.2) is 0 Å². The molecule has 0 radical (unpaired) electrons. The van der Waals surface area contributed by atoms with Crippen LogP contribution >= 0.6 is 0 Å². The fourth-order valence-electron chi connectivity index (χ4n) is 1.43. The molecule has 0 saturated carbocycles. The molecule has 0 unspecified atom stereocenters. The van der Waals surface area contributed by atoms with Crippen molar-refractivity contribution in [2.24, 2.45) is 0 Å². The zero-order valence-corrected chi connectivity index (χ0v) is 8.19. The number of aliphatic hydroxyl groups is 1. The summed E-state index contributed by atoms with van der Waals surface area (Å²) in [6, 6.07) is 3.67. The molecule has 0 fully saturated rings. The van der Waals surface area contributed by atoms with Crippen molar-refractivity contribution in [3.63, 3.8) is 0 Å². The SMILES string of the molecule is C=CCC(O)(CC=C)c1cccnc1. The van der Waals surface area contributed by atoms with Gasteiger partial charge in [0.2, 0.25) is 0 Å². The summed E-state index contributed by atoms with van der Waals surface area (Å²) >= 11 is 0. The molecule has 0 aromatic carbocycles. The first kappa shape index (κ1) is 10.7. The largest absolute Gasteiger partial charge is 0.384 e. The van der Waals surface area contributed by atoms with Gasteiger partial charge in [-0.2, -0.15) is 0 Å². The van der Waals surface area contributed by atoms with Gasteiger partial charge in [-0.1, -0.05) is 18.2 Å². The van der Waals surface area contributed by atoms with E-state index in [4.69, 9.17) is 0 Å². The highest BCUT2D eigenvalue weighted by Crippen LogP contribution is 2.28. The molecule has 0 bridgehead atoms. The number of rotatable bonds is 5. The number of pyridine rings is 1. The van der Waals surface area contributed by atoms with Crippen LogP contribution in [-0.4, -0.2) is 10.1 Å². The van der Waals surface area contributed by atoms with E-state index in [9.17, 15) is 5.11 Å². The lowest BCUT2D eigenvalue weighted by atomic mass is 9.88. The lowest BCUT2D eigenvalue weighted by Gasteiger charge is -2.25. The van der Waals surface area contributed by atoms with E-state index >= 15 is 0 Å². The topological polar surface area (TPSA) is 33.1 Å². The zero-order valence-electron chi connectivity index (χ0n) is 8.19. The third-order valence-electron chi connectivity index (χ3n) is 2.16. The Morgan fingerprint density at radius 1 is 1.36 bits per heavy atom. The molecule has 0 amide bonds. The molecular formula is C12H15NO. The van der Waals surface area contributed by atoms with Gasteiger partial charge in [0.05, 0.1) is 5.60 Å². The summed E-state index contributed by atoms with van der Waals surface area (Å²) in [5.41, 5.74) is -0.0996. The van der Waals surface area contributed by atoms with Crippen LogP contribution in [0.4, 0.5) is 0 Å². The molecule has 1 aromatic rings. The smallest absolute Gasteiger partial charge is 0.0979 e. The molecule has 74 valence electrons. The quantitative estimate of drug-likeness (QED) is 0.721. The highest BCUT2D eigenvalue weighted by molar-refractivity contribution is 5.20. The lowest BCUT2D eigenvalue weighted by molar-refractivity contribution is 0.0426. The van der Waals surface area contributed by atoms with Gasteiger partial charge >= 0.3 is 0 Å². The summed E-state index contributed by atoms with van der Waals surface area (Å²) in [5.74, 6) is 0. The summed E-state index contributed by atoms with van der Waals surface area (Å²) < 4.78 is 0. The van der Waals surface area contributed by atoms with Gasteiger partial charge in [0, 0.05) is 18.0 Å². The molecule has 1 heterocycles. The van der Waals surface area contributed by atoms with Crippen molar-refractivity contribution in [3.05, 3.63) is 55.4 Å². The predicted molar refractivity (Wildman–Crippen MR) is 57.8 cm³/mol. The van der Waals surface area contributed by atoms with Crippen LogP contribution in [0, 0.1) is 0 Å². The molecule has 1 aromatic heterocycles. The molecule has 2 nitrogen and oxygen atoms in total. The summed E-state index contributed by atoms with van der Waals surface area (Å²) in [4.78, 5) is 3.99. The molecule has 0 saturated heterocycles. The van der Waals surface area contributed by atoms with E-state index in [1.165, 1.54) is 0 Å². The highest BCUT2D eigenvalue weighted by Gasteiger charge is 2.26. The summed E-state index contributed by atoms with van der Waals surface area (Å²) in [7, 11) is 0. The molecule has 2 heteroatoms. The van der Waals surface area contributed by atoms with Gasteiger partial charge in [0.25, 0.3) is 0 Å². The van der Waals surface area contributed by atoms with Crippen molar-refractivity contribution in [1.82, 2.24) is 4.98 Å².